The maximum absolute atomic E-state index is 6.09. The molecule has 0 aliphatic heterocycles. The molecular weight excluding hydrogens is 218 g/mol. The van der Waals surface area contributed by atoms with Gasteiger partial charge in [-0.25, -0.2) is 4.98 Å². The van der Waals surface area contributed by atoms with Crippen molar-refractivity contribution in [2.45, 2.75) is 44.2 Å². The lowest BCUT2D eigenvalue weighted by Crippen LogP contribution is -2.38. The van der Waals surface area contributed by atoms with Gasteiger partial charge >= 0.3 is 6.01 Å². The van der Waals surface area contributed by atoms with Crippen LogP contribution in [-0.4, -0.2) is 29.2 Å². The first-order valence-corrected chi connectivity index (χ1v) is 6.09. The van der Waals surface area contributed by atoms with Gasteiger partial charge in [-0.2, -0.15) is 4.98 Å². The molecule has 1 heterocycles. The highest BCUT2D eigenvalue weighted by Crippen LogP contribution is 2.21. The normalized spacial score (nSPS) is 25.1. The number of nitrogens with two attached hydrogens (primary N) is 1. The van der Waals surface area contributed by atoms with E-state index in [4.69, 9.17) is 15.2 Å². The van der Waals surface area contributed by atoms with Gasteiger partial charge in [0.2, 0.25) is 5.88 Å². The van der Waals surface area contributed by atoms with E-state index in [1.54, 1.807) is 19.4 Å². The van der Waals surface area contributed by atoms with E-state index in [0.717, 1.165) is 19.3 Å². The molecule has 2 unspecified atom stereocenters. The zero-order chi connectivity index (χ0) is 12.1. The van der Waals surface area contributed by atoms with E-state index in [1.165, 1.54) is 12.8 Å². The molecule has 1 aromatic heterocycles. The van der Waals surface area contributed by atoms with Crippen molar-refractivity contribution in [1.29, 1.82) is 0 Å². The highest BCUT2D eigenvalue weighted by molar-refractivity contribution is 5.11. The summed E-state index contributed by atoms with van der Waals surface area (Å²) in [6, 6.07) is 2.12. The van der Waals surface area contributed by atoms with Crippen LogP contribution in [0.1, 0.15) is 32.1 Å². The molecule has 94 valence electrons. The zero-order valence-electron chi connectivity index (χ0n) is 10.1. The lowest BCUT2D eigenvalue weighted by atomic mass is 10.1. The average Bonchev–Trinajstić information content (AvgIpc) is 2.55. The Kier molecular flexibility index (Phi) is 4.14. The van der Waals surface area contributed by atoms with Crippen LogP contribution < -0.4 is 15.2 Å². The zero-order valence-corrected chi connectivity index (χ0v) is 10.1. The van der Waals surface area contributed by atoms with Gasteiger partial charge in [-0.1, -0.05) is 12.8 Å². The summed E-state index contributed by atoms with van der Waals surface area (Å²) in [4.78, 5) is 8.22. The molecule has 0 saturated heterocycles. The molecule has 1 fully saturated rings. The summed E-state index contributed by atoms with van der Waals surface area (Å²) < 4.78 is 10.8. The standard InChI is InChI=1S/C12H19N3O2/c1-16-11-7-8-14-12(15-11)17-10-6-4-2-3-5-9(10)13/h7-10H,2-6,13H2,1H3. The summed E-state index contributed by atoms with van der Waals surface area (Å²) in [6.45, 7) is 0. The third kappa shape index (κ3) is 3.30. The largest absolute Gasteiger partial charge is 0.481 e. The first-order chi connectivity index (χ1) is 8.29. The van der Waals surface area contributed by atoms with Gasteiger partial charge in [0.25, 0.3) is 0 Å². The van der Waals surface area contributed by atoms with Crippen molar-refractivity contribution in [2.75, 3.05) is 7.11 Å². The van der Waals surface area contributed by atoms with Gasteiger partial charge in [-0.3, -0.25) is 0 Å². The quantitative estimate of drug-likeness (QED) is 0.807. The fourth-order valence-electron chi connectivity index (χ4n) is 2.08. The van der Waals surface area contributed by atoms with Gasteiger partial charge < -0.3 is 15.2 Å². The van der Waals surface area contributed by atoms with Crippen molar-refractivity contribution in [3.8, 4) is 11.9 Å². The molecule has 0 radical (unpaired) electrons. The number of nitrogens with zero attached hydrogens (tertiary/aromatic N) is 2. The van der Waals surface area contributed by atoms with Crippen LogP contribution in [0.4, 0.5) is 0 Å². The van der Waals surface area contributed by atoms with Crippen molar-refractivity contribution in [1.82, 2.24) is 9.97 Å². The van der Waals surface area contributed by atoms with Crippen LogP contribution in [0.5, 0.6) is 11.9 Å². The van der Waals surface area contributed by atoms with Crippen molar-refractivity contribution >= 4 is 0 Å². The maximum atomic E-state index is 6.09. The van der Waals surface area contributed by atoms with E-state index >= 15 is 0 Å². The fraction of sp³-hybridized carbons (Fsp3) is 0.667. The van der Waals surface area contributed by atoms with E-state index in [0.29, 0.717) is 11.9 Å². The molecule has 2 N–H and O–H groups in total. The Bertz CT molecular complexity index is 359. The summed E-state index contributed by atoms with van der Waals surface area (Å²) in [5.41, 5.74) is 6.09. The molecule has 5 heteroatoms. The Labute approximate surface area is 101 Å². The minimum Gasteiger partial charge on any atom is -0.481 e. The van der Waals surface area contributed by atoms with Crippen LogP contribution in [0.25, 0.3) is 0 Å². The number of hydrogen-bond acceptors (Lipinski definition) is 5. The van der Waals surface area contributed by atoms with Gasteiger partial charge in [-0.15, -0.1) is 0 Å². The Morgan fingerprint density at radius 1 is 1.29 bits per heavy atom. The molecule has 2 atom stereocenters. The van der Waals surface area contributed by atoms with Gasteiger partial charge in [-0.05, 0) is 19.3 Å². The Balaban J connectivity index is 2.02. The van der Waals surface area contributed by atoms with Crippen LogP contribution in [0.2, 0.25) is 0 Å². The number of rotatable bonds is 3. The predicted molar refractivity (Wildman–Crippen MR) is 64.1 cm³/mol. The lowest BCUT2D eigenvalue weighted by molar-refractivity contribution is 0.147. The number of ether oxygens (including phenoxy) is 2. The molecule has 17 heavy (non-hydrogen) atoms. The number of hydrogen-bond donors (Lipinski definition) is 1. The molecule has 1 aromatic rings. The monoisotopic (exact) mass is 237 g/mol. The van der Waals surface area contributed by atoms with Gasteiger partial charge in [0.05, 0.1) is 7.11 Å². The molecule has 0 bridgehead atoms. The number of methoxy groups -OCH3 is 1. The summed E-state index contributed by atoms with van der Waals surface area (Å²) in [5, 5.41) is 0. The molecule has 2 rings (SSSR count). The molecule has 5 nitrogen and oxygen atoms in total. The lowest BCUT2D eigenvalue weighted by Gasteiger charge is -2.21. The van der Waals surface area contributed by atoms with Crippen molar-refractivity contribution in [3.05, 3.63) is 12.3 Å². The van der Waals surface area contributed by atoms with E-state index in [-0.39, 0.29) is 12.1 Å². The van der Waals surface area contributed by atoms with E-state index < -0.39 is 0 Å². The second-order valence-corrected chi connectivity index (χ2v) is 4.34. The third-order valence-corrected chi connectivity index (χ3v) is 3.08. The van der Waals surface area contributed by atoms with Crippen LogP contribution in [0, 0.1) is 0 Å². The first kappa shape index (κ1) is 12.1. The molecule has 1 aliphatic rings. The molecule has 1 saturated carbocycles. The van der Waals surface area contributed by atoms with Crippen molar-refractivity contribution < 1.29 is 9.47 Å². The Morgan fingerprint density at radius 2 is 2.12 bits per heavy atom. The average molecular weight is 237 g/mol. The third-order valence-electron chi connectivity index (χ3n) is 3.08. The highest BCUT2D eigenvalue weighted by Gasteiger charge is 2.22. The van der Waals surface area contributed by atoms with Crippen LogP contribution in [0.15, 0.2) is 12.3 Å². The fourth-order valence-corrected chi connectivity index (χ4v) is 2.08. The SMILES string of the molecule is COc1ccnc(OC2CCCCCC2N)n1. The number of aromatic nitrogens is 2. The van der Waals surface area contributed by atoms with Crippen LogP contribution >= 0.6 is 0 Å². The second-order valence-electron chi connectivity index (χ2n) is 4.34. The van der Waals surface area contributed by atoms with Crippen molar-refractivity contribution in [3.63, 3.8) is 0 Å². The first-order valence-electron chi connectivity index (χ1n) is 6.09. The smallest absolute Gasteiger partial charge is 0.320 e. The van der Waals surface area contributed by atoms with Crippen molar-refractivity contribution in [2.24, 2.45) is 5.73 Å². The molecular formula is C12H19N3O2. The summed E-state index contributed by atoms with van der Waals surface area (Å²) in [7, 11) is 1.57. The molecule has 0 spiro atoms. The Morgan fingerprint density at radius 3 is 2.94 bits per heavy atom. The van der Waals surface area contributed by atoms with E-state index in [9.17, 15) is 0 Å². The summed E-state index contributed by atoms with van der Waals surface area (Å²) in [5.74, 6) is 0.511. The Hall–Kier alpha value is -1.36. The molecule has 0 aromatic carbocycles. The molecule has 1 aliphatic carbocycles. The van der Waals surface area contributed by atoms with E-state index in [1.807, 2.05) is 0 Å². The maximum Gasteiger partial charge on any atom is 0.320 e. The van der Waals surface area contributed by atoms with Gasteiger partial charge in [0.1, 0.15) is 6.10 Å². The van der Waals surface area contributed by atoms with E-state index in [2.05, 4.69) is 9.97 Å². The van der Waals surface area contributed by atoms with Crippen LogP contribution in [0.3, 0.4) is 0 Å². The summed E-state index contributed by atoms with van der Waals surface area (Å²) >= 11 is 0. The molecule has 0 amide bonds. The second kappa shape index (κ2) is 5.82. The highest BCUT2D eigenvalue weighted by atomic mass is 16.5. The topological polar surface area (TPSA) is 70.3 Å². The predicted octanol–water partition coefficient (Wildman–Crippen LogP) is 1.52. The van der Waals surface area contributed by atoms with Gasteiger partial charge in [0, 0.05) is 18.3 Å². The minimum absolute atomic E-state index is 0.0182. The summed E-state index contributed by atoms with van der Waals surface area (Å²) in [6.07, 6.45) is 7.19. The van der Waals surface area contributed by atoms with Gasteiger partial charge in [0.15, 0.2) is 0 Å². The minimum atomic E-state index is 0.0182. The van der Waals surface area contributed by atoms with Crippen LogP contribution in [-0.2, 0) is 0 Å².